The molecule has 66 valence electrons. The van der Waals surface area contributed by atoms with Gasteiger partial charge in [-0.25, -0.2) is 0 Å². The van der Waals surface area contributed by atoms with Crippen molar-refractivity contribution in [3.05, 3.63) is 45.4 Å². The molecule has 0 saturated carbocycles. The van der Waals surface area contributed by atoms with Gasteiger partial charge < -0.3 is 0 Å². The second-order valence-corrected chi connectivity index (χ2v) is 3.34. The van der Waals surface area contributed by atoms with Crippen LogP contribution >= 0.6 is 15.9 Å². The molecule has 0 bridgehead atoms. The van der Waals surface area contributed by atoms with Crippen molar-refractivity contribution in [2.75, 3.05) is 0 Å². The second-order valence-electron chi connectivity index (χ2n) is 2.48. The van der Waals surface area contributed by atoms with E-state index in [1.165, 1.54) is 10.6 Å². The molecule has 0 aliphatic heterocycles. The minimum atomic E-state index is -0.0958. The van der Waals surface area contributed by atoms with E-state index in [-0.39, 0.29) is 5.56 Å². The zero-order chi connectivity index (χ0) is 9.26. The van der Waals surface area contributed by atoms with E-state index in [9.17, 15) is 4.79 Å². The summed E-state index contributed by atoms with van der Waals surface area (Å²) in [7, 11) is 0. The van der Waals surface area contributed by atoms with Crippen molar-refractivity contribution in [2.45, 2.75) is 0 Å². The van der Waals surface area contributed by atoms with Crippen LogP contribution in [0.4, 0.5) is 0 Å². The molecule has 2 rings (SSSR count). The average molecular weight is 240 g/mol. The number of nitrogens with one attached hydrogen (secondary N) is 1. The Morgan fingerprint density at radius 3 is 2.92 bits per heavy atom. The Bertz CT molecular complexity index is 474. The van der Waals surface area contributed by atoms with Crippen molar-refractivity contribution in [3.63, 3.8) is 0 Å². The topological polar surface area (TPSA) is 50.7 Å². The monoisotopic (exact) mass is 239 g/mol. The highest BCUT2D eigenvalue weighted by Gasteiger charge is 2.01. The van der Waals surface area contributed by atoms with Gasteiger partial charge in [0.2, 0.25) is 0 Å². The number of H-pyrrole nitrogens is 1. The fourth-order valence-electron chi connectivity index (χ4n) is 1.03. The number of pyridine rings is 1. The molecule has 0 unspecified atom stereocenters. The zero-order valence-corrected chi connectivity index (χ0v) is 8.15. The van der Waals surface area contributed by atoms with E-state index in [0.717, 1.165) is 4.60 Å². The summed E-state index contributed by atoms with van der Waals surface area (Å²) in [4.78, 5) is 11.3. The molecular weight excluding hydrogens is 234 g/mol. The van der Waals surface area contributed by atoms with Gasteiger partial charge in [0, 0.05) is 18.3 Å². The summed E-state index contributed by atoms with van der Waals surface area (Å²) < 4.78 is 2.21. The smallest absolute Gasteiger partial charge is 0.256 e. The van der Waals surface area contributed by atoms with Crippen LogP contribution < -0.4 is 5.56 Å². The lowest BCUT2D eigenvalue weighted by molar-refractivity contribution is 0.915. The Kier molecular flexibility index (Phi) is 2.02. The molecule has 0 saturated heterocycles. The molecule has 0 radical (unpaired) electrons. The molecule has 0 amide bonds. The lowest BCUT2D eigenvalue weighted by atomic mass is 10.4. The molecule has 2 aromatic rings. The van der Waals surface area contributed by atoms with Crippen LogP contribution in [0.2, 0.25) is 0 Å². The van der Waals surface area contributed by atoms with Crippen molar-refractivity contribution >= 4 is 15.9 Å². The minimum absolute atomic E-state index is 0.0958. The molecule has 1 N–H and O–H groups in total. The standard InChI is InChI=1S/C8H6BrN3O/c9-6-5-7(11-10-6)12-4-2-1-3-8(12)13/h1-5H,(H,10,11). The highest BCUT2D eigenvalue weighted by molar-refractivity contribution is 9.10. The Balaban J connectivity index is 2.59. The van der Waals surface area contributed by atoms with E-state index in [1.54, 1.807) is 24.4 Å². The summed E-state index contributed by atoms with van der Waals surface area (Å²) in [6.07, 6.45) is 1.67. The van der Waals surface area contributed by atoms with Gasteiger partial charge in [-0.3, -0.25) is 14.5 Å². The summed E-state index contributed by atoms with van der Waals surface area (Å²) in [5.74, 6) is 0.581. The van der Waals surface area contributed by atoms with Crippen LogP contribution in [-0.2, 0) is 0 Å². The van der Waals surface area contributed by atoms with Gasteiger partial charge in [-0.05, 0) is 22.0 Å². The molecule has 0 spiro atoms. The first-order valence-corrected chi connectivity index (χ1v) is 4.45. The summed E-state index contributed by atoms with van der Waals surface area (Å²) in [6, 6.07) is 6.70. The summed E-state index contributed by atoms with van der Waals surface area (Å²) >= 11 is 3.22. The van der Waals surface area contributed by atoms with Gasteiger partial charge in [0.1, 0.15) is 4.60 Å². The molecule has 0 atom stereocenters. The quantitative estimate of drug-likeness (QED) is 0.817. The third kappa shape index (κ3) is 1.55. The first-order chi connectivity index (χ1) is 6.27. The van der Waals surface area contributed by atoms with Crippen LogP contribution in [0.3, 0.4) is 0 Å². The summed E-state index contributed by atoms with van der Waals surface area (Å²) in [5.41, 5.74) is -0.0958. The highest BCUT2D eigenvalue weighted by Crippen LogP contribution is 2.08. The lowest BCUT2D eigenvalue weighted by Crippen LogP contribution is -2.15. The van der Waals surface area contributed by atoms with Gasteiger partial charge in [0.25, 0.3) is 5.56 Å². The van der Waals surface area contributed by atoms with Crippen LogP contribution in [0.15, 0.2) is 39.9 Å². The van der Waals surface area contributed by atoms with Crippen LogP contribution in [0.25, 0.3) is 5.82 Å². The Hall–Kier alpha value is -1.36. The van der Waals surface area contributed by atoms with Crippen LogP contribution in [-0.4, -0.2) is 14.8 Å². The molecule has 0 aliphatic rings. The molecule has 0 aliphatic carbocycles. The normalized spacial score (nSPS) is 10.2. The Morgan fingerprint density at radius 2 is 2.31 bits per heavy atom. The van der Waals surface area contributed by atoms with Gasteiger partial charge in [0.15, 0.2) is 5.82 Å². The SMILES string of the molecule is O=c1ccccn1-c1cc(Br)[nH]n1. The Morgan fingerprint density at radius 1 is 1.46 bits per heavy atom. The fraction of sp³-hybridized carbons (Fsp3) is 0. The number of nitrogens with zero attached hydrogens (tertiary/aromatic N) is 2. The van der Waals surface area contributed by atoms with Gasteiger partial charge in [-0.2, -0.15) is 5.10 Å². The van der Waals surface area contributed by atoms with Gasteiger partial charge in [-0.1, -0.05) is 6.07 Å². The maximum Gasteiger partial charge on any atom is 0.256 e. The third-order valence-corrected chi connectivity index (χ3v) is 2.01. The van der Waals surface area contributed by atoms with E-state index in [1.807, 2.05) is 0 Å². The van der Waals surface area contributed by atoms with E-state index >= 15 is 0 Å². The third-order valence-electron chi connectivity index (χ3n) is 1.60. The number of hydrogen-bond donors (Lipinski definition) is 1. The number of aromatic nitrogens is 3. The second kappa shape index (κ2) is 3.18. The predicted molar refractivity (Wildman–Crippen MR) is 51.9 cm³/mol. The lowest BCUT2D eigenvalue weighted by Gasteiger charge is -1.97. The van der Waals surface area contributed by atoms with Gasteiger partial charge in [-0.15, -0.1) is 0 Å². The molecular formula is C8H6BrN3O. The molecule has 2 aromatic heterocycles. The van der Waals surface area contributed by atoms with Crippen molar-refractivity contribution in [1.82, 2.24) is 14.8 Å². The molecule has 4 nitrogen and oxygen atoms in total. The first kappa shape index (κ1) is 8.25. The number of hydrogen-bond acceptors (Lipinski definition) is 2. The van der Waals surface area contributed by atoms with Crippen molar-refractivity contribution in [1.29, 1.82) is 0 Å². The molecule has 2 heterocycles. The van der Waals surface area contributed by atoms with E-state index < -0.39 is 0 Å². The largest absolute Gasteiger partial charge is 0.269 e. The maximum atomic E-state index is 11.3. The number of rotatable bonds is 1. The van der Waals surface area contributed by atoms with E-state index in [4.69, 9.17) is 0 Å². The number of halogens is 1. The van der Waals surface area contributed by atoms with Crippen LogP contribution in [0, 0.1) is 0 Å². The molecule has 5 heteroatoms. The van der Waals surface area contributed by atoms with Gasteiger partial charge in [0.05, 0.1) is 0 Å². The summed E-state index contributed by atoms with van der Waals surface area (Å²) in [6.45, 7) is 0. The Labute approximate surface area is 82.3 Å². The van der Waals surface area contributed by atoms with Crippen molar-refractivity contribution in [2.24, 2.45) is 0 Å². The zero-order valence-electron chi connectivity index (χ0n) is 6.57. The molecule has 13 heavy (non-hydrogen) atoms. The summed E-state index contributed by atoms with van der Waals surface area (Å²) in [5, 5.41) is 6.64. The predicted octanol–water partition coefficient (Wildman–Crippen LogP) is 1.32. The van der Waals surface area contributed by atoms with Crippen LogP contribution in [0.1, 0.15) is 0 Å². The fourth-order valence-corrected chi connectivity index (χ4v) is 1.32. The van der Waals surface area contributed by atoms with Gasteiger partial charge >= 0.3 is 0 Å². The number of aromatic amines is 1. The minimum Gasteiger partial charge on any atom is -0.269 e. The molecule has 0 aromatic carbocycles. The van der Waals surface area contributed by atoms with Crippen LogP contribution in [0.5, 0.6) is 0 Å². The van der Waals surface area contributed by atoms with E-state index in [2.05, 4.69) is 26.1 Å². The average Bonchev–Trinajstić information content (AvgIpc) is 2.53. The first-order valence-electron chi connectivity index (χ1n) is 3.66. The van der Waals surface area contributed by atoms with Crippen molar-refractivity contribution < 1.29 is 0 Å². The van der Waals surface area contributed by atoms with Crippen molar-refractivity contribution in [3.8, 4) is 5.82 Å². The molecule has 0 fully saturated rings. The maximum absolute atomic E-state index is 11.3. The van der Waals surface area contributed by atoms with E-state index in [0.29, 0.717) is 5.82 Å². The highest BCUT2D eigenvalue weighted by atomic mass is 79.9.